The van der Waals surface area contributed by atoms with Gasteiger partial charge in [-0.05, 0) is 42.3 Å². The Kier molecular flexibility index (Phi) is 8.56. The number of hydrogen-bond acceptors (Lipinski definition) is 5. The summed E-state index contributed by atoms with van der Waals surface area (Å²) in [6, 6.07) is 11.2. The van der Waals surface area contributed by atoms with Crippen LogP contribution in [0.15, 0.2) is 36.4 Å². The minimum absolute atomic E-state index is 0. The highest BCUT2D eigenvalue weighted by Crippen LogP contribution is 2.32. The number of aryl methyl sites for hydroxylation is 1. The molecule has 1 aliphatic heterocycles. The third kappa shape index (κ3) is 5.69. The van der Waals surface area contributed by atoms with Crippen LogP contribution >= 0.6 is 46.9 Å². The highest BCUT2D eigenvalue weighted by Gasteiger charge is 2.24. The first-order chi connectivity index (χ1) is 14.5. The summed E-state index contributed by atoms with van der Waals surface area (Å²) in [6.45, 7) is 6.57. The molecule has 0 atom stereocenters. The van der Waals surface area contributed by atoms with Crippen molar-refractivity contribution < 1.29 is 9.53 Å². The zero-order valence-electron chi connectivity index (χ0n) is 17.1. The van der Waals surface area contributed by atoms with Crippen LogP contribution in [0.2, 0.25) is 10.0 Å². The van der Waals surface area contributed by atoms with Crippen LogP contribution < -0.4 is 4.90 Å². The summed E-state index contributed by atoms with van der Waals surface area (Å²) in [5.74, 6) is -0.167. The van der Waals surface area contributed by atoms with E-state index in [2.05, 4.69) is 24.0 Å². The molecule has 3 aromatic rings. The molecule has 31 heavy (non-hydrogen) atoms. The van der Waals surface area contributed by atoms with Crippen molar-refractivity contribution in [3.05, 3.63) is 57.6 Å². The number of hydrogen-bond donors (Lipinski definition) is 0. The second-order valence-corrected chi connectivity index (χ2v) is 9.04. The standard InChI is InChI=1S/C22H23Cl2N3O2S.ClH/c1-2-15-3-6-19-20(13-15)30-22(25-19)27(8-7-26-9-11-29-12-10-26)21(28)17-5-4-16(23)14-18(17)24;/h3-6,13-14H,2,7-12H2,1H3;1H. The molecule has 166 valence electrons. The fraction of sp³-hybridized carbons (Fsp3) is 0.364. The van der Waals surface area contributed by atoms with E-state index in [9.17, 15) is 4.79 Å². The number of halogens is 3. The summed E-state index contributed by atoms with van der Waals surface area (Å²) in [7, 11) is 0. The minimum Gasteiger partial charge on any atom is -0.379 e. The largest absolute Gasteiger partial charge is 0.379 e. The zero-order valence-corrected chi connectivity index (χ0v) is 20.3. The molecule has 1 aliphatic rings. The number of thiazole rings is 1. The molecular weight excluding hydrogens is 477 g/mol. The highest BCUT2D eigenvalue weighted by molar-refractivity contribution is 7.22. The first kappa shape index (κ1) is 24.2. The van der Waals surface area contributed by atoms with E-state index in [4.69, 9.17) is 32.9 Å². The second kappa shape index (κ2) is 10.9. The molecule has 2 aromatic carbocycles. The van der Waals surface area contributed by atoms with Crippen LogP contribution in [0.25, 0.3) is 10.2 Å². The van der Waals surface area contributed by atoms with Gasteiger partial charge in [0.05, 0.1) is 34.0 Å². The summed E-state index contributed by atoms with van der Waals surface area (Å²) < 4.78 is 6.51. The molecule has 5 nitrogen and oxygen atoms in total. The van der Waals surface area contributed by atoms with E-state index in [1.807, 2.05) is 6.07 Å². The van der Waals surface area contributed by atoms with Crippen molar-refractivity contribution in [3.63, 3.8) is 0 Å². The summed E-state index contributed by atoms with van der Waals surface area (Å²) in [5.41, 5.74) is 2.58. The van der Waals surface area contributed by atoms with E-state index in [0.29, 0.717) is 27.3 Å². The predicted octanol–water partition coefficient (Wildman–Crippen LogP) is 5.57. The van der Waals surface area contributed by atoms with E-state index in [1.165, 1.54) is 16.9 Å². The van der Waals surface area contributed by atoms with Crippen LogP contribution in [0.3, 0.4) is 0 Å². The van der Waals surface area contributed by atoms with Crippen molar-refractivity contribution in [2.75, 3.05) is 44.3 Å². The third-order valence-corrected chi connectivity index (χ3v) is 6.82. The molecule has 9 heteroatoms. The van der Waals surface area contributed by atoms with Gasteiger partial charge in [-0.1, -0.05) is 47.5 Å². The van der Waals surface area contributed by atoms with Crippen molar-refractivity contribution in [1.82, 2.24) is 9.88 Å². The Bertz CT molecular complexity index is 1050. The average molecular weight is 501 g/mol. The Labute approximate surface area is 202 Å². The van der Waals surface area contributed by atoms with Crippen LogP contribution in [0, 0.1) is 0 Å². The van der Waals surface area contributed by atoms with Crippen LogP contribution in [0.4, 0.5) is 5.13 Å². The quantitative estimate of drug-likeness (QED) is 0.444. The number of nitrogens with zero attached hydrogens (tertiary/aromatic N) is 3. The van der Waals surface area contributed by atoms with E-state index in [0.717, 1.165) is 49.5 Å². The number of benzene rings is 2. The summed E-state index contributed by atoms with van der Waals surface area (Å²) in [6.07, 6.45) is 0.962. The second-order valence-electron chi connectivity index (χ2n) is 7.19. The summed E-state index contributed by atoms with van der Waals surface area (Å²) in [5, 5.41) is 1.53. The van der Waals surface area contributed by atoms with Crippen LogP contribution in [0.1, 0.15) is 22.8 Å². The van der Waals surface area contributed by atoms with Crippen LogP contribution in [-0.4, -0.2) is 55.2 Å². The number of carbonyl (C=O) groups excluding carboxylic acids is 1. The molecule has 1 fully saturated rings. The first-order valence-electron chi connectivity index (χ1n) is 10.0. The van der Waals surface area contributed by atoms with Crippen molar-refractivity contribution in [2.45, 2.75) is 13.3 Å². The van der Waals surface area contributed by atoms with Crippen LogP contribution in [-0.2, 0) is 11.2 Å². The maximum absolute atomic E-state index is 13.5. The molecule has 0 spiro atoms. The van der Waals surface area contributed by atoms with E-state index in [1.54, 1.807) is 23.1 Å². The fourth-order valence-corrected chi connectivity index (χ4v) is 4.99. The molecule has 1 amide bonds. The molecule has 0 radical (unpaired) electrons. The lowest BCUT2D eigenvalue weighted by Gasteiger charge is -2.29. The normalized spacial score (nSPS) is 14.4. The van der Waals surface area contributed by atoms with Gasteiger partial charge in [-0.15, -0.1) is 12.4 Å². The Morgan fingerprint density at radius 2 is 1.97 bits per heavy atom. The number of fused-ring (bicyclic) bond motifs is 1. The Hall–Kier alpha value is -1.41. The first-order valence-corrected chi connectivity index (χ1v) is 11.6. The maximum atomic E-state index is 13.5. The SMILES string of the molecule is CCc1ccc2nc(N(CCN3CCOCC3)C(=O)c3ccc(Cl)cc3Cl)sc2c1.Cl. The van der Waals surface area contributed by atoms with Gasteiger partial charge in [-0.25, -0.2) is 4.98 Å². The van der Waals surface area contributed by atoms with Gasteiger partial charge in [0.15, 0.2) is 5.13 Å². The number of ether oxygens (including phenoxy) is 1. The molecule has 0 unspecified atom stereocenters. The van der Waals surface area contributed by atoms with Gasteiger partial charge in [0.1, 0.15) is 0 Å². The number of amides is 1. The van der Waals surface area contributed by atoms with Gasteiger partial charge in [0, 0.05) is 31.2 Å². The van der Waals surface area contributed by atoms with Gasteiger partial charge in [-0.2, -0.15) is 0 Å². The number of morpholine rings is 1. The number of aromatic nitrogens is 1. The average Bonchev–Trinajstić information content (AvgIpc) is 3.17. The lowest BCUT2D eigenvalue weighted by molar-refractivity contribution is 0.0391. The molecular formula is C22H24Cl3N3O2S. The predicted molar refractivity (Wildman–Crippen MR) is 132 cm³/mol. The van der Waals surface area contributed by atoms with E-state index in [-0.39, 0.29) is 18.3 Å². The number of anilines is 1. The Balaban J connectivity index is 0.00000272. The van der Waals surface area contributed by atoms with Gasteiger partial charge in [0.25, 0.3) is 5.91 Å². The lowest BCUT2D eigenvalue weighted by Crippen LogP contribution is -2.43. The monoisotopic (exact) mass is 499 g/mol. The molecule has 0 N–H and O–H groups in total. The Morgan fingerprint density at radius 3 is 2.68 bits per heavy atom. The Morgan fingerprint density at radius 1 is 1.19 bits per heavy atom. The van der Waals surface area contributed by atoms with Crippen molar-refractivity contribution in [3.8, 4) is 0 Å². The smallest absolute Gasteiger partial charge is 0.261 e. The maximum Gasteiger partial charge on any atom is 0.261 e. The van der Waals surface area contributed by atoms with Gasteiger partial charge < -0.3 is 4.74 Å². The number of carbonyl (C=O) groups is 1. The molecule has 1 aromatic heterocycles. The van der Waals surface area contributed by atoms with Gasteiger partial charge >= 0.3 is 0 Å². The van der Waals surface area contributed by atoms with Gasteiger partial charge in [-0.3, -0.25) is 14.6 Å². The summed E-state index contributed by atoms with van der Waals surface area (Å²) in [4.78, 5) is 22.3. The number of rotatable bonds is 6. The lowest BCUT2D eigenvalue weighted by atomic mass is 10.2. The topological polar surface area (TPSA) is 45.7 Å². The zero-order chi connectivity index (χ0) is 21.1. The van der Waals surface area contributed by atoms with Crippen molar-refractivity contribution in [1.29, 1.82) is 0 Å². The van der Waals surface area contributed by atoms with Crippen molar-refractivity contribution >= 4 is 68.2 Å². The van der Waals surface area contributed by atoms with Crippen molar-refractivity contribution in [2.24, 2.45) is 0 Å². The molecule has 0 aliphatic carbocycles. The molecule has 2 heterocycles. The summed E-state index contributed by atoms with van der Waals surface area (Å²) >= 11 is 13.9. The molecule has 4 rings (SSSR count). The molecule has 0 bridgehead atoms. The fourth-order valence-electron chi connectivity index (χ4n) is 3.45. The molecule has 1 saturated heterocycles. The van der Waals surface area contributed by atoms with Crippen LogP contribution in [0.5, 0.6) is 0 Å². The highest BCUT2D eigenvalue weighted by atomic mass is 35.5. The van der Waals surface area contributed by atoms with E-state index >= 15 is 0 Å². The van der Waals surface area contributed by atoms with Gasteiger partial charge in [0.2, 0.25) is 0 Å². The third-order valence-electron chi connectivity index (χ3n) is 5.23. The minimum atomic E-state index is -0.167. The molecule has 0 saturated carbocycles. The van der Waals surface area contributed by atoms with E-state index < -0.39 is 0 Å².